The second-order valence-corrected chi connectivity index (χ2v) is 10.5. The summed E-state index contributed by atoms with van der Waals surface area (Å²) in [5, 5.41) is 3.09. The molecule has 2 aromatic carbocycles. The van der Waals surface area contributed by atoms with Crippen molar-refractivity contribution in [3.8, 4) is 11.3 Å². The SMILES string of the molecule is Cc1ccc(-c2nc3sc(C)cn3c2CN2CCN(C(=O)Nc3ccc(C)cc3C)CC2)cc1. The number of amides is 2. The Bertz CT molecular complexity index is 1330. The topological polar surface area (TPSA) is 52.9 Å². The van der Waals surface area contributed by atoms with E-state index in [1.807, 2.05) is 24.0 Å². The molecule has 176 valence electrons. The summed E-state index contributed by atoms with van der Waals surface area (Å²) in [6.07, 6.45) is 2.19. The number of benzene rings is 2. The largest absolute Gasteiger partial charge is 0.322 e. The number of urea groups is 1. The van der Waals surface area contributed by atoms with Crippen molar-refractivity contribution in [3.05, 3.63) is 75.9 Å². The van der Waals surface area contributed by atoms with Gasteiger partial charge in [-0.2, -0.15) is 0 Å². The van der Waals surface area contributed by atoms with Crippen molar-refractivity contribution in [1.29, 1.82) is 0 Å². The third kappa shape index (κ3) is 4.58. The van der Waals surface area contributed by atoms with Crippen LogP contribution in [0.2, 0.25) is 0 Å². The maximum Gasteiger partial charge on any atom is 0.321 e. The predicted molar refractivity (Wildman–Crippen MR) is 140 cm³/mol. The van der Waals surface area contributed by atoms with Gasteiger partial charge in [-0.1, -0.05) is 47.5 Å². The molecule has 4 aromatic rings. The molecule has 0 atom stereocenters. The Labute approximate surface area is 204 Å². The lowest BCUT2D eigenvalue weighted by atomic mass is 10.1. The Hall–Kier alpha value is -3.16. The number of nitrogens with one attached hydrogen (secondary N) is 1. The number of anilines is 1. The van der Waals surface area contributed by atoms with Crippen LogP contribution in [0.5, 0.6) is 0 Å². The van der Waals surface area contributed by atoms with Crippen LogP contribution in [0.25, 0.3) is 16.2 Å². The molecule has 0 aliphatic carbocycles. The number of thiazole rings is 1. The standard InChI is InChI=1S/C27H31N5OS/c1-18-5-8-22(9-6-18)25-24(32-16-21(4)34-27(32)29-25)17-30-11-13-31(14-12-30)26(33)28-23-10-7-19(2)15-20(23)3/h5-10,15-16H,11-14,17H2,1-4H3,(H,28,33). The molecule has 0 radical (unpaired) electrons. The Morgan fingerprint density at radius 2 is 1.68 bits per heavy atom. The number of imidazole rings is 1. The normalized spacial score (nSPS) is 14.6. The number of fused-ring (bicyclic) bond motifs is 1. The second-order valence-electron chi connectivity index (χ2n) is 9.28. The highest BCUT2D eigenvalue weighted by Crippen LogP contribution is 2.30. The Kier molecular flexibility index (Phi) is 6.15. The highest BCUT2D eigenvalue weighted by atomic mass is 32.1. The van der Waals surface area contributed by atoms with Gasteiger partial charge < -0.3 is 10.2 Å². The van der Waals surface area contributed by atoms with E-state index >= 15 is 0 Å². The lowest BCUT2D eigenvalue weighted by Crippen LogP contribution is -2.49. The summed E-state index contributed by atoms with van der Waals surface area (Å²) in [6, 6.07) is 14.7. The molecule has 0 bridgehead atoms. The zero-order valence-corrected chi connectivity index (χ0v) is 21.1. The fourth-order valence-corrected chi connectivity index (χ4v) is 5.41. The summed E-state index contributed by atoms with van der Waals surface area (Å²) in [7, 11) is 0. The second kappa shape index (κ2) is 9.24. The number of aromatic nitrogens is 2. The maximum atomic E-state index is 12.9. The molecule has 7 heteroatoms. The predicted octanol–water partition coefficient (Wildman–Crippen LogP) is 5.65. The van der Waals surface area contributed by atoms with Crippen LogP contribution in [-0.2, 0) is 6.54 Å². The van der Waals surface area contributed by atoms with E-state index in [1.54, 1.807) is 11.3 Å². The molecule has 1 aliphatic rings. The number of rotatable bonds is 4. The molecule has 1 fully saturated rings. The van der Waals surface area contributed by atoms with Gasteiger partial charge in [0, 0.05) is 55.0 Å². The van der Waals surface area contributed by atoms with Crippen LogP contribution in [0.4, 0.5) is 10.5 Å². The zero-order valence-electron chi connectivity index (χ0n) is 20.3. The summed E-state index contributed by atoms with van der Waals surface area (Å²) >= 11 is 1.73. The van der Waals surface area contributed by atoms with E-state index in [0.717, 1.165) is 47.1 Å². The Balaban J connectivity index is 1.29. The van der Waals surface area contributed by atoms with Gasteiger partial charge in [-0.15, -0.1) is 11.3 Å². The highest BCUT2D eigenvalue weighted by Gasteiger charge is 2.24. The molecule has 0 spiro atoms. The fourth-order valence-electron chi connectivity index (χ4n) is 4.56. The van der Waals surface area contributed by atoms with Crippen LogP contribution >= 0.6 is 11.3 Å². The highest BCUT2D eigenvalue weighted by molar-refractivity contribution is 7.17. The number of nitrogens with zero attached hydrogens (tertiary/aromatic N) is 4. The molecule has 2 aromatic heterocycles. The first-order valence-electron chi connectivity index (χ1n) is 11.8. The molecule has 0 unspecified atom stereocenters. The molecule has 34 heavy (non-hydrogen) atoms. The van der Waals surface area contributed by atoms with Gasteiger partial charge in [0.15, 0.2) is 4.96 Å². The number of aryl methyl sites for hydroxylation is 4. The Morgan fingerprint density at radius 1 is 0.971 bits per heavy atom. The molecule has 5 rings (SSSR count). The van der Waals surface area contributed by atoms with Crippen molar-refractivity contribution < 1.29 is 4.79 Å². The number of hydrogen-bond acceptors (Lipinski definition) is 4. The summed E-state index contributed by atoms with van der Waals surface area (Å²) < 4.78 is 2.24. The smallest absolute Gasteiger partial charge is 0.321 e. The van der Waals surface area contributed by atoms with Crippen molar-refractivity contribution in [2.75, 3.05) is 31.5 Å². The van der Waals surface area contributed by atoms with Gasteiger partial charge in [-0.25, -0.2) is 9.78 Å². The minimum atomic E-state index is -0.0212. The first-order chi connectivity index (χ1) is 16.4. The van der Waals surface area contributed by atoms with Gasteiger partial charge in [0.25, 0.3) is 0 Å². The van der Waals surface area contributed by atoms with Crippen LogP contribution in [0.3, 0.4) is 0 Å². The average Bonchev–Trinajstić information content (AvgIpc) is 3.33. The maximum absolute atomic E-state index is 12.9. The molecule has 1 N–H and O–H groups in total. The Morgan fingerprint density at radius 3 is 2.38 bits per heavy atom. The van der Waals surface area contributed by atoms with E-state index in [9.17, 15) is 4.79 Å². The first-order valence-corrected chi connectivity index (χ1v) is 12.6. The summed E-state index contributed by atoms with van der Waals surface area (Å²) in [5.41, 5.74) is 7.85. The van der Waals surface area contributed by atoms with Crippen molar-refractivity contribution in [2.24, 2.45) is 0 Å². The number of hydrogen-bond donors (Lipinski definition) is 1. The van der Waals surface area contributed by atoms with Crippen LogP contribution in [0.15, 0.2) is 48.7 Å². The van der Waals surface area contributed by atoms with E-state index < -0.39 is 0 Å². The van der Waals surface area contributed by atoms with Gasteiger partial charge in [0.05, 0.1) is 11.4 Å². The third-order valence-electron chi connectivity index (χ3n) is 6.52. The molecule has 0 saturated carbocycles. The van der Waals surface area contributed by atoms with Gasteiger partial charge in [-0.3, -0.25) is 9.30 Å². The van der Waals surface area contributed by atoms with E-state index in [0.29, 0.717) is 13.1 Å². The van der Waals surface area contributed by atoms with E-state index in [-0.39, 0.29) is 6.03 Å². The lowest BCUT2D eigenvalue weighted by molar-refractivity contribution is 0.142. The number of piperazine rings is 1. The van der Waals surface area contributed by atoms with Gasteiger partial charge in [-0.05, 0) is 39.3 Å². The molecular weight excluding hydrogens is 442 g/mol. The molecular formula is C27H31N5OS. The van der Waals surface area contributed by atoms with Crippen molar-refractivity contribution in [2.45, 2.75) is 34.2 Å². The van der Waals surface area contributed by atoms with E-state index in [4.69, 9.17) is 4.98 Å². The van der Waals surface area contributed by atoms with Crippen LogP contribution in [0, 0.1) is 27.7 Å². The molecule has 3 heterocycles. The van der Waals surface area contributed by atoms with Gasteiger partial charge >= 0.3 is 6.03 Å². The lowest BCUT2D eigenvalue weighted by Gasteiger charge is -2.34. The molecule has 1 aliphatic heterocycles. The van der Waals surface area contributed by atoms with Gasteiger partial charge in [0.2, 0.25) is 0 Å². The summed E-state index contributed by atoms with van der Waals surface area (Å²) in [5.74, 6) is 0. The van der Waals surface area contributed by atoms with Crippen molar-refractivity contribution in [3.63, 3.8) is 0 Å². The minimum Gasteiger partial charge on any atom is -0.322 e. The molecule has 1 saturated heterocycles. The number of carbonyl (C=O) groups excluding carboxylic acids is 1. The van der Waals surface area contributed by atoms with E-state index in [1.165, 1.54) is 21.7 Å². The van der Waals surface area contributed by atoms with E-state index in [2.05, 4.69) is 71.9 Å². The van der Waals surface area contributed by atoms with Crippen LogP contribution < -0.4 is 5.32 Å². The minimum absolute atomic E-state index is 0.0212. The molecule has 6 nitrogen and oxygen atoms in total. The molecule has 2 amide bonds. The quantitative estimate of drug-likeness (QED) is 0.417. The van der Waals surface area contributed by atoms with Crippen LogP contribution in [0.1, 0.15) is 27.3 Å². The monoisotopic (exact) mass is 473 g/mol. The number of carbonyl (C=O) groups is 1. The average molecular weight is 474 g/mol. The summed E-state index contributed by atoms with van der Waals surface area (Å²) in [4.78, 5) is 24.5. The van der Waals surface area contributed by atoms with Crippen LogP contribution in [-0.4, -0.2) is 51.4 Å². The van der Waals surface area contributed by atoms with Crippen molar-refractivity contribution in [1.82, 2.24) is 19.2 Å². The summed E-state index contributed by atoms with van der Waals surface area (Å²) in [6.45, 7) is 12.2. The first kappa shape index (κ1) is 22.6. The zero-order chi connectivity index (χ0) is 23.8. The third-order valence-corrected chi connectivity index (χ3v) is 7.42. The van der Waals surface area contributed by atoms with Crippen molar-refractivity contribution >= 4 is 28.0 Å². The van der Waals surface area contributed by atoms with Gasteiger partial charge in [0.1, 0.15) is 0 Å². The fraction of sp³-hybridized carbons (Fsp3) is 0.333.